The highest BCUT2D eigenvalue weighted by atomic mass is 35.5. The van der Waals surface area contributed by atoms with Gasteiger partial charge in [-0.3, -0.25) is 4.90 Å². The third-order valence-corrected chi connectivity index (χ3v) is 4.77. The third-order valence-electron chi connectivity index (χ3n) is 4.53. The Labute approximate surface area is 128 Å². The van der Waals surface area contributed by atoms with Crippen LogP contribution in [0.15, 0.2) is 18.2 Å². The Morgan fingerprint density at radius 2 is 2.15 bits per heavy atom. The summed E-state index contributed by atoms with van der Waals surface area (Å²) in [5, 5.41) is 4.23. The smallest absolute Gasteiger partial charge is 0.0408 e. The Morgan fingerprint density at radius 1 is 1.35 bits per heavy atom. The van der Waals surface area contributed by atoms with Crippen molar-refractivity contribution in [3.05, 3.63) is 34.3 Å². The van der Waals surface area contributed by atoms with Gasteiger partial charge in [0, 0.05) is 11.1 Å². The van der Waals surface area contributed by atoms with Crippen LogP contribution in [0.5, 0.6) is 0 Å². The van der Waals surface area contributed by atoms with E-state index in [1.165, 1.54) is 36.9 Å². The maximum absolute atomic E-state index is 6.13. The topological polar surface area (TPSA) is 15.3 Å². The molecule has 1 fully saturated rings. The molecule has 20 heavy (non-hydrogen) atoms. The molecule has 2 nitrogen and oxygen atoms in total. The van der Waals surface area contributed by atoms with E-state index in [4.69, 9.17) is 11.6 Å². The van der Waals surface area contributed by atoms with Crippen LogP contribution in [0.4, 0.5) is 0 Å². The van der Waals surface area contributed by atoms with Crippen LogP contribution < -0.4 is 5.32 Å². The number of halogens is 1. The average molecular weight is 295 g/mol. The van der Waals surface area contributed by atoms with Gasteiger partial charge >= 0.3 is 0 Å². The molecular weight excluding hydrogens is 268 g/mol. The van der Waals surface area contributed by atoms with Crippen LogP contribution in [-0.4, -0.2) is 31.6 Å². The first-order valence-corrected chi connectivity index (χ1v) is 8.19. The van der Waals surface area contributed by atoms with Crippen LogP contribution in [0.25, 0.3) is 0 Å². The van der Waals surface area contributed by atoms with Gasteiger partial charge in [0.05, 0.1) is 0 Å². The van der Waals surface area contributed by atoms with Gasteiger partial charge in [-0.1, -0.05) is 31.0 Å². The number of rotatable bonds is 4. The van der Waals surface area contributed by atoms with Gasteiger partial charge in [-0.15, -0.1) is 0 Å². The zero-order chi connectivity index (χ0) is 14.5. The van der Waals surface area contributed by atoms with E-state index in [0.717, 1.165) is 18.1 Å². The van der Waals surface area contributed by atoms with Gasteiger partial charge in [0.2, 0.25) is 0 Å². The van der Waals surface area contributed by atoms with Gasteiger partial charge in [0.1, 0.15) is 0 Å². The van der Waals surface area contributed by atoms with Crippen molar-refractivity contribution in [2.24, 2.45) is 5.92 Å². The fourth-order valence-corrected chi connectivity index (χ4v) is 3.80. The first kappa shape index (κ1) is 15.8. The van der Waals surface area contributed by atoms with E-state index in [1.807, 2.05) is 6.07 Å². The highest BCUT2D eigenvalue weighted by Crippen LogP contribution is 2.36. The van der Waals surface area contributed by atoms with Gasteiger partial charge in [0.25, 0.3) is 0 Å². The standard InChI is InChI=1S/C17H27ClN2/c1-4-20-10-6-5-7-14(12-19-3)17(20)16-9-8-15(18)11-13(16)2/h8-9,11,14,17,19H,4-7,10,12H2,1-3H3. The molecule has 0 bridgehead atoms. The molecule has 1 N–H and O–H groups in total. The van der Waals surface area contributed by atoms with E-state index in [2.05, 4.69) is 43.2 Å². The van der Waals surface area contributed by atoms with Gasteiger partial charge in [-0.05, 0) is 75.6 Å². The van der Waals surface area contributed by atoms with E-state index in [0.29, 0.717) is 12.0 Å². The van der Waals surface area contributed by atoms with Crippen LogP contribution in [-0.2, 0) is 0 Å². The first-order chi connectivity index (χ1) is 9.67. The van der Waals surface area contributed by atoms with Crippen LogP contribution in [0.1, 0.15) is 43.4 Å². The summed E-state index contributed by atoms with van der Waals surface area (Å²) in [5.41, 5.74) is 2.78. The molecule has 1 heterocycles. The maximum atomic E-state index is 6.13. The SMILES string of the molecule is CCN1CCCCC(CNC)C1c1ccc(Cl)cc1C. The highest BCUT2D eigenvalue weighted by Gasteiger charge is 2.30. The van der Waals surface area contributed by atoms with E-state index in [-0.39, 0.29) is 0 Å². The molecule has 0 spiro atoms. The maximum Gasteiger partial charge on any atom is 0.0408 e. The second-order valence-electron chi connectivity index (χ2n) is 5.89. The molecule has 1 saturated heterocycles. The van der Waals surface area contributed by atoms with Crippen molar-refractivity contribution in [3.8, 4) is 0 Å². The first-order valence-electron chi connectivity index (χ1n) is 7.82. The minimum atomic E-state index is 0.521. The largest absolute Gasteiger partial charge is 0.319 e. The van der Waals surface area contributed by atoms with E-state index in [9.17, 15) is 0 Å². The number of nitrogens with zero attached hydrogens (tertiary/aromatic N) is 1. The molecule has 1 aromatic carbocycles. The van der Waals surface area contributed by atoms with Crippen molar-refractivity contribution in [3.63, 3.8) is 0 Å². The number of nitrogens with one attached hydrogen (secondary N) is 1. The highest BCUT2D eigenvalue weighted by molar-refractivity contribution is 6.30. The molecule has 2 rings (SSSR count). The van der Waals surface area contributed by atoms with Gasteiger partial charge in [-0.25, -0.2) is 0 Å². The molecule has 0 amide bonds. The van der Waals surface area contributed by atoms with Crippen molar-refractivity contribution in [1.29, 1.82) is 0 Å². The minimum Gasteiger partial charge on any atom is -0.319 e. The van der Waals surface area contributed by atoms with Crippen molar-refractivity contribution in [2.45, 2.75) is 39.2 Å². The lowest BCUT2D eigenvalue weighted by Gasteiger charge is -2.35. The van der Waals surface area contributed by atoms with E-state index >= 15 is 0 Å². The van der Waals surface area contributed by atoms with Crippen LogP contribution in [0.2, 0.25) is 5.02 Å². The summed E-state index contributed by atoms with van der Waals surface area (Å²) in [6, 6.07) is 6.90. The lowest BCUT2D eigenvalue weighted by Crippen LogP contribution is -2.36. The summed E-state index contributed by atoms with van der Waals surface area (Å²) in [6.45, 7) is 7.88. The second-order valence-corrected chi connectivity index (χ2v) is 6.32. The molecule has 1 aliphatic rings. The predicted molar refractivity (Wildman–Crippen MR) is 87.4 cm³/mol. The summed E-state index contributed by atoms with van der Waals surface area (Å²) in [6.07, 6.45) is 3.97. The molecule has 0 aliphatic carbocycles. The predicted octanol–water partition coefficient (Wildman–Crippen LogP) is 4.03. The Bertz CT molecular complexity index is 433. The second kappa shape index (κ2) is 7.44. The van der Waals surface area contributed by atoms with Crippen molar-refractivity contribution in [1.82, 2.24) is 10.2 Å². The molecule has 2 atom stereocenters. The molecular formula is C17H27ClN2. The summed E-state index contributed by atoms with van der Waals surface area (Å²) in [5.74, 6) is 0.683. The van der Waals surface area contributed by atoms with E-state index < -0.39 is 0 Å². The van der Waals surface area contributed by atoms with E-state index in [1.54, 1.807) is 0 Å². The number of hydrogen-bond acceptors (Lipinski definition) is 2. The number of aryl methyl sites for hydroxylation is 1. The molecule has 0 saturated carbocycles. The molecule has 112 valence electrons. The lowest BCUT2D eigenvalue weighted by molar-refractivity contribution is 0.162. The third kappa shape index (κ3) is 3.55. The Hall–Kier alpha value is -0.570. The van der Waals surface area contributed by atoms with Crippen LogP contribution in [0, 0.1) is 12.8 Å². The van der Waals surface area contributed by atoms with Gasteiger partial charge in [0.15, 0.2) is 0 Å². The average Bonchev–Trinajstić information content (AvgIpc) is 2.62. The molecule has 0 aromatic heterocycles. The summed E-state index contributed by atoms with van der Waals surface area (Å²) in [7, 11) is 2.06. The summed E-state index contributed by atoms with van der Waals surface area (Å²) >= 11 is 6.13. The number of likely N-dealkylation sites (tertiary alicyclic amines) is 1. The summed E-state index contributed by atoms with van der Waals surface area (Å²) in [4.78, 5) is 2.64. The zero-order valence-corrected chi connectivity index (χ0v) is 13.7. The molecule has 2 unspecified atom stereocenters. The number of hydrogen-bond donors (Lipinski definition) is 1. The quantitative estimate of drug-likeness (QED) is 0.902. The minimum absolute atomic E-state index is 0.521. The van der Waals surface area contributed by atoms with Gasteiger partial charge < -0.3 is 5.32 Å². The Kier molecular flexibility index (Phi) is 5.88. The van der Waals surface area contributed by atoms with Crippen molar-refractivity contribution in [2.75, 3.05) is 26.7 Å². The normalized spacial score (nSPS) is 24.6. The zero-order valence-electron chi connectivity index (χ0n) is 13.0. The number of benzene rings is 1. The monoisotopic (exact) mass is 294 g/mol. The molecule has 1 aromatic rings. The fourth-order valence-electron chi connectivity index (χ4n) is 3.57. The lowest BCUT2D eigenvalue weighted by atomic mass is 9.87. The van der Waals surface area contributed by atoms with Crippen molar-refractivity contribution < 1.29 is 0 Å². The molecule has 0 radical (unpaired) electrons. The van der Waals surface area contributed by atoms with Gasteiger partial charge in [-0.2, -0.15) is 0 Å². The fraction of sp³-hybridized carbons (Fsp3) is 0.647. The Morgan fingerprint density at radius 3 is 2.80 bits per heavy atom. The van der Waals surface area contributed by atoms with Crippen LogP contribution >= 0.6 is 11.6 Å². The molecule has 3 heteroatoms. The molecule has 1 aliphatic heterocycles. The van der Waals surface area contributed by atoms with Crippen LogP contribution in [0.3, 0.4) is 0 Å². The van der Waals surface area contributed by atoms with Crippen molar-refractivity contribution >= 4 is 11.6 Å². The Balaban J connectivity index is 2.37. The summed E-state index contributed by atoms with van der Waals surface area (Å²) < 4.78 is 0.